The van der Waals surface area contributed by atoms with Gasteiger partial charge >= 0.3 is 0 Å². The Morgan fingerprint density at radius 3 is 2.52 bits per heavy atom. The molecule has 31 heavy (non-hydrogen) atoms. The SMILES string of the molecule is CCn1c(CCn2nc(C)c(Br)c2C)nnc1SCC(=O)Nc1cc(Cl)c(Cl)cc1Cl. The molecule has 0 spiro atoms. The molecule has 0 aliphatic rings. The molecule has 3 aromatic rings. The van der Waals surface area contributed by atoms with Gasteiger partial charge in [0.1, 0.15) is 5.82 Å². The van der Waals surface area contributed by atoms with Gasteiger partial charge in [0.2, 0.25) is 5.91 Å². The molecule has 0 aliphatic heterocycles. The van der Waals surface area contributed by atoms with Crippen molar-refractivity contribution in [3.05, 3.63) is 48.9 Å². The summed E-state index contributed by atoms with van der Waals surface area (Å²) in [6, 6.07) is 3.02. The summed E-state index contributed by atoms with van der Waals surface area (Å²) < 4.78 is 4.98. The van der Waals surface area contributed by atoms with E-state index in [-0.39, 0.29) is 11.7 Å². The van der Waals surface area contributed by atoms with E-state index in [1.165, 1.54) is 23.9 Å². The van der Waals surface area contributed by atoms with Crippen LogP contribution < -0.4 is 5.32 Å². The van der Waals surface area contributed by atoms with Crippen LogP contribution in [0.3, 0.4) is 0 Å². The Hall–Kier alpha value is -1.26. The molecule has 0 atom stereocenters. The molecule has 1 amide bonds. The van der Waals surface area contributed by atoms with Crippen LogP contribution in [0.25, 0.3) is 0 Å². The Morgan fingerprint density at radius 1 is 1.16 bits per heavy atom. The minimum atomic E-state index is -0.231. The van der Waals surface area contributed by atoms with Crippen molar-refractivity contribution in [1.82, 2.24) is 24.5 Å². The lowest BCUT2D eigenvalue weighted by Crippen LogP contribution is -2.15. The number of nitrogens with zero attached hydrogens (tertiary/aromatic N) is 5. The van der Waals surface area contributed by atoms with Crippen molar-refractivity contribution >= 4 is 74.1 Å². The minimum absolute atomic E-state index is 0.152. The number of nitrogens with one attached hydrogen (secondary N) is 1. The van der Waals surface area contributed by atoms with Gasteiger partial charge in [-0.3, -0.25) is 9.48 Å². The van der Waals surface area contributed by atoms with E-state index >= 15 is 0 Å². The fourth-order valence-corrected chi connectivity index (χ4v) is 4.66. The number of benzene rings is 1. The van der Waals surface area contributed by atoms with Crippen LogP contribution in [0.2, 0.25) is 15.1 Å². The van der Waals surface area contributed by atoms with E-state index in [0.717, 1.165) is 21.7 Å². The molecule has 12 heteroatoms. The van der Waals surface area contributed by atoms with Crippen molar-refractivity contribution in [2.75, 3.05) is 11.1 Å². The molecule has 0 radical (unpaired) electrons. The molecule has 1 N–H and O–H groups in total. The van der Waals surface area contributed by atoms with Gasteiger partial charge in [0.25, 0.3) is 0 Å². The van der Waals surface area contributed by atoms with E-state index in [1.54, 1.807) is 0 Å². The van der Waals surface area contributed by atoms with Crippen LogP contribution in [0, 0.1) is 13.8 Å². The highest BCUT2D eigenvalue weighted by Crippen LogP contribution is 2.32. The molecule has 7 nitrogen and oxygen atoms in total. The van der Waals surface area contributed by atoms with E-state index in [9.17, 15) is 4.79 Å². The van der Waals surface area contributed by atoms with Crippen molar-refractivity contribution in [3.8, 4) is 0 Å². The predicted molar refractivity (Wildman–Crippen MR) is 130 cm³/mol. The van der Waals surface area contributed by atoms with Gasteiger partial charge < -0.3 is 9.88 Å². The first kappa shape index (κ1) is 24.4. The minimum Gasteiger partial charge on any atom is -0.324 e. The number of hydrogen-bond donors (Lipinski definition) is 1. The topological polar surface area (TPSA) is 77.6 Å². The summed E-state index contributed by atoms with van der Waals surface area (Å²) in [7, 11) is 0. The first-order valence-electron chi connectivity index (χ1n) is 9.40. The number of amides is 1. The standard InChI is InChI=1S/C19H20BrCl3N6OS/c1-4-28-16(5-6-29-11(3)18(20)10(2)27-29)25-26-19(28)31-9-17(30)24-15-8-13(22)12(21)7-14(15)23/h7-8H,4-6,9H2,1-3H3,(H,24,30). The quantitative estimate of drug-likeness (QED) is 0.275. The first-order valence-corrected chi connectivity index (χ1v) is 12.3. The number of thioether (sulfide) groups is 1. The second kappa shape index (κ2) is 10.6. The van der Waals surface area contributed by atoms with Crippen molar-refractivity contribution in [2.24, 2.45) is 0 Å². The highest BCUT2D eigenvalue weighted by Gasteiger charge is 2.16. The van der Waals surface area contributed by atoms with E-state index in [1.807, 2.05) is 30.0 Å². The molecule has 0 fully saturated rings. The van der Waals surface area contributed by atoms with E-state index in [0.29, 0.717) is 45.4 Å². The molecular formula is C19H20BrCl3N6OS. The monoisotopic (exact) mass is 564 g/mol. The summed E-state index contributed by atoms with van der Waals surface area (Å²) in [5.41, 5.74) is 2.45. The Bertz CT molecular complexity index is 1120. The zero-order chi connectivity index (χ0) is 22.7. The highest BCUT2D eigenvalue weighted by molar-refractivity contribution is 9.10. The van der Waals surface area contributed by atoms with Gasteiger partial charge in [-0.1, -0.05) is 46.6 Å². The predicted octanol–water partition coefficient (Wildman–Crippen LogP) is 5.81. The second-order valence-corrected chi connectivity index (χ2v) is 9.64. The molecule has 1 aromatic carbocycles. The van der Waals surface area contributed by atoms with Gasteiger partial charge in [0.05, 0.1) is 36.7 Å². The molecule has 166 valence electrons. The number of carbonyl (C=O) groups excluding carboxylic acids is 1. The lowest BCUT2D eigenvalue weighted by molar-refractivity contribution is -0.113. The van der Waals surface area contributed by atoms with Gasteiger partial charge in [-0.25, -0.2) is 0 Å². The number of aryl methyl sites for hydroxylation is 3. The summed E-state index contributed by atoms with van der Waals surface area (Å²) in [6.45, 7) is 7.40. The third-order valence-electron chi connectivity index (χ3n) is 4.57. The Kier molecular flexibility index (Phi) is 8.31. The number of halogens is 4. The van der Waals surface area contributed by atoms with E-state index < -0.39 is 0 Å². The highest BCUT2D eigenvalue weighted by atomic mass is 79.9. The van der Waals surface area contributed by atoms with Crippen LogP contribution in [-0.4, -0.2) is 36.2 Å². The zero-order valence-electron chi connectivity index (χ0n) is 17.0. The van der Waals surface area contributed by atoms with Gasteiger partial charge in [-0.15, -0.1) is 10.2 Å². The van der Waals surface area contributed by atoms with E-state index in [2.05, 4.69) is 36.5 Å². The first-order chi connectivity index (χ1) is 14.7. The largest absolute Gasteiger partial charge is 0.324 e. The fourth-order valence-electron chi connectivity index (χ4n) is 2.96. The zero-order valence-corrected chi connectivity index (χ0v) is 21.7. The Morgan fingerprint density at radius 2 is 1.87 bits per heavy atom. The summed E-state index contributed by atoms with van der Waals surface area (Å²) >= 11 is 22.9. The van der Waals surface area contributed by atoms with Crippen LogP contribution in [0.4, 0.5) is 5.69 Å². The summed E-state index contributed by atoms with van der Waals surface area (Å²) in [5, 5.41) is 17.5. The van der Waals surface area contributed by atoms with E-state index in [4.69, 9.17) is 34.8 Å². The maximum Gasteiger partial charge on any atom is 0.234 e. The maximum absolute atomic E-state index is 12.4. The van der Waals surface area contributed by atoms with Crippen LogP contribution in [0.15, 0.2) is 21.8 Å². The number of aromatic nitrogens is 5. The maximum atomic E-state index is 12.4. The average Bonchev–Trinajstić information content (AvgIpc) is 3.24. The van der Waals surface area contributed by atoms with Crippen molar-refractivity contribution in [1.29, 1.82) is 0 Å². The van der Waals surface area contributed by atoms with Crippen molar-refractivity contribution in [2.45, 2.75) is 45.4 Å². The van der Waals surface area contributed by atoms with Crippen LogP contribution >= 0.6 is 62.5 Å². The van der Waals surface area contributed by atoms with Gasteiger partial charge in [0, 0.05) is 25.2 Å². The second-order valence-electron chi connectivity index (χ2n) is 6.68. The normalized spacial score (nSPS) is 11.2. The number of carbonyl (C=O) groups is 1. The molecule has 3 rings (SSSR count). The third kappa shape index (κ3) is 5.76. The molecule has 0 aliphatic carbocycles. The number of hydrogen-bond acceptors (Lipinski definition) is 5. The lowest BCUT2D eigenvalue weighted by atomic mass is 10.3. The molecule has 0 unspecified atom stereocenters. The molecule has 2 aromatic heterocycles. The van der Waals surface area contributed by atoms with Gasteiger partial charge in [0.15, 0.2) is 5.16 Å². The smallest absolute Gasteiger partial charge is 0.234 e. The fraction of sp³-hybridized carbons (Fsp3) is 0.368. The Balaban J connectivity index is 1.62. The van der Waals surface area contributed by atoms with Crippen molar-refractivity contribution in [3.63, 3.8) is 0 Å². The Labute approximate surface area is 208 Å². The number of rotatable bonds is 8. The van der Waals surface area contributed by atoms with Crippen molar-refractivity contribution < 1.29 is 4.79 Å². The summed E-state index contributed by atoms with van der Waals surface area (Å²) in [6.07, 6.45) is 0.681. The van der Waals surface area contributed by atoms with Crippen LogP contribution in [-0.2, 0) is 24.3 Å². The number of anilines is 1. The lowest BCUT2D eigenvalue weighted by Gasteiger charge is -2.10. The molecule has 2 heterocycles. The van der Waals surface area contributed by atoms with Crippen LogP contribution in [0.5, 0.6) is 0 Å². The molecule has 0 saturated heterocycles. The molecular weight excluding hydrogens is 547 g/mol. The average molecular weight is 567 g/mol. The van der Waals surface area contributed by atoms with Gasteiger partial charge in [-0.2, -0.15) is 5.10 Å². The summed E-state index contributed by atoms with van der Waals surface area (Å²) in [5.74, 6) is 0.769. The third-order valence-corrected chi connectivity index (χ3v) is 7.72. The molecule has 0 bridgehead atoms. The molecule has 0 saturated carbocycles. The van der Waals surface area contributed by atoms with Gasteiger partial charge in [-0.05, 0) is 48.8 Å². The summed E-state index contributed by atoms with van der Waals surface area (Å²) in [4.78, 5) is 12.4. The van der Waals surface area contributed by atoms with Crippen LogP contribution in [0.1, 0.15) is 24.1 Å².